The van der Waals surface area contributed by atoms with E-state index in [0.717, 1.165) is 43.1 Å². The van der Waals surface area contributed by atoms with Crippen LogP contribution in [0.3, 0.4) is 0 Å². The minimum absolute atomic E-state index is 0.333. The third kappa shape index (κ3) is 5.96. The van der Waals surface area contributed by atoms with Crippen molar-refractivity contribution in [2.24, 2.45) is 23.2 Å². The van der Waals surface area contributed by atoms with E-state index in [-0.39, 0.29) is 0 Å². The summed E-state index contributed by atoms with van der Waals surface area (Å²) in [7, 11) is -3.07. The van der Waals surface area contributed by atoms with Crippen molar-refractivity contribution in [3.63, 3.8) is 0 Å². The molecule has 198 valence electrons. The highest BCUT2D eigenvalue weighted by Gasteiger charge is 2.50. The Kier molecular flexibility index (Phi) is 8.33. The second-order valence-corrected chi connectivity index (χ2v) is 13.9. The number of allylic oxidation sites excluding steroid dienone is 3. The normalized spacial score (nSPS) is 38.7. The molecule has 0 amide bonds. The third-order valence-electron chi connectivity index (χ3n) is 9.69. The Morgan fingerprint density at radius 3 is 2.57 bits per heavy atom. The lowest BCUT2D eigenvalue weighted by Crippen LogP contribution is -2.48. The van der Waals surface area contributed by atoms with E-state index in [1.54, 1.807) is 9.88 Å². The van der Waals surface area contributed by atoms with Crippen LogP contribution in [0.4, 0.5) is 0 Å². The Balaban J connectivity index is 1.37. The largest absolute Gasteiger partial charge is 0.393 e. The first-order chi connectivity index (χ1) is 16.5. The standard InChI is InChI=1S/C28H46N2O4S/c1-20(11-13-29-14-16-30(17-15-29)35(4,33)34)25-9-10-26-22(6-5-12-28(25,26)3)7-8-23-18-24(31)19-27(32)21(23)2/h7-8,20,24-27,31-32H,2,5-6,9-19H2,1,3-4H3/b22-7+,23-8-/t20?,24-,25-,26+,27+,28-/m1/s1. The predicted molar refractivity (Wildman–Crippen MR) is 141 cm³/mol. The first-order valence-electron chi connectivity index (χ1n) is 13.6. The molecule has 0 aromatic rings. The molecule has 7 heteroatoms. The van der Waals surface area contributed by atoms with Crippen LogP contribution in [-0.2, 0) is 10.0 Å². The Hall–Kier alpha value is -0.990. The molecular formula is C28H46N2O4S. The van der Waals surface area contributed by atoms with E-state index < -0.39 is 22.2 Å². The van der Waals surface area contributed by atoms with E-state index >= 15 is 0 Å². The Labute approximate surface area is 212 Å². The van der Waals surface area contributed by atoms with Crippen molar-refractivity contribution in [2.45, 2.75) is 77.4 Å². The summed E-state index contributed by atoms with van der Waals surface area (Å²) in [5, 5.41) is 20.3. The molecule has 4 rings (SSSR count). The van der Waals surface area contributed by atoms with Crippen LogP contribution in [0.5, 0.6) is 0 Å². The number of sulfonamides is 1. The van der Waals surface area contributed by atoms with Gasteiger partial charge in [-0.05, 0) is 85.8 Å². The number of aliphatic hydroxyl groups excluding tert-OH is 2. The van der Waals surface area contributed by atoms with Crippen molar-refractivity contribution >= 4 is 10.0 Å². The van der Waals surface area contributed by atoms with Gasteiger partial charge in [-0.15, -0.1) is 0 Å². The zero-order valence-corrected chi connectivity index (χ0v) is 22.8. The lowest BCUT2D eigenvalue weighted by molar-refractivity contribution is 0.0848. The van der Waals surface area contributed by atoms with Gasteiger partial charge in [0.2, 0.25) is 10.0 Å². The highest BCUT2D eigenvalue weighted by atomic mass is 32.2. The van der Waals surface area contributed by atoms with Crippen LogP contribution >= 0.6 is 0 Å². The van der Waals surface area contributed by atoms with E-state index in [1.807, 2.05) is 0 Å². The number of hydrogen-bond acceptors (Lipinski definition) is 5. The van der Waals surface area contributed by atoms with Crippen LogP contribution in [0.25, 0.3) is 0 Å². The summed E-state index contributed by atoms with van der Waals surface area (Å²) in [6.07, 6.45) is 12.9. The van der Waals surface area contributed by atoms with Gasteiger partial charge in [-0.1, -0.05) is 38.2 Å². The van der Waals surface area contributed by atoms with Crippen LogP contribution in [0.15, 0.2) is 35.5 Å². The number of aliphatic hydroxyl groups is 2. The van der Waals surface area contributed by atoms with E-state index in [2.05, 4.69) is 37.5 Å². The molecule has 0 spiro atoms. The van der Waals surface area contributed by atoms with Gasteiger partial charge in [0.25, 0.3) is 0 Å². The minimum atomic E-state index is -3.07. The highest BCUT2D eigenvalue weighted by Crippen LogP contribution is 2.59. The summed E-state index contributed by atoms with van der Waals surface area (Å²) < 4.78 is 25.2. The molecule has 2 N–H and O–H groups in total. The quantitative estimate of drug-likeness (QED) is 0.574. The fraction of sp³-hybridized carbons (Fsp3) is 0.786. The first kappa shape index (κ1) is 27.1. The average molecular weight is 507 g/mol. The maximum atomic E-state index is 11.8. The molecule has 4 aliphatic rings. The Bertz CT molecular complexity index is 950. The molecule has 6 atom stereocenters. The van der Waals surface area contributed by atoms with Gasteiger partial charge in [0.1, 0.15) is 0 Å². The van der Waals surface area contributed by atoms with Gasteiger partial charge in [0.05, 0.1) is 18.5 Å². The number of rotatable bonds is 6. The molecule has 6 nitrogen and oxygen atoms in total. The van der Waals surface area contributed by atoms with Crippen LogP contribution in [0.1, 0.15) is 65.2 Å². The van der Waals surface area contributed by atoms with Crippen molar-refractivity contribution in [1.29, 1.82) is 0 Å². The van der Waals surface area contributed by atoms with E-state index in [0.29, 0.717) is 43.2 Å². The maximum absolute atomic E-state index is 11.8. The Morgan fingerprint density at radius 1 is 1.17 bits per heavy atom. The molecule has 0 aromatic heterocycles. The zero-order valence-electron chi connectivity index (χ0n) is 22.0. The topological polar surface area (TPSA) is 81.1 Å². The second-order valence-electron chi connectivity index (χ2n) is 11.9. The molecular weight excluding hydrogens is 460 g/mol. The van der Waals surface area contributed by atoms with Gasteiger partial charge in [0, 0.05) is 32.6 Å². The van der Waals surface area contributed by atoms with Gasteiger partial charge in [-0.25, -0.2) is 8.42 Å². The molecule has 3 saturated carbocycles. The third-order valence-corrected chi connectivity index (χ3v) is 11.0. The van der Waals surface area contributed by atoms with Crippen LogP contribution in [0, 0.1) is 23.2 Å². The molecule has 0 aromatic carbocycles. The maximum Gasteiger partial charge on any atom is 0.211 e. The summed E-state index contributed by atoms with van der Waals surface area (Å²) in [5.41, 5.74) is 3.63. The van der Waals surface area contributed by atoms with E-state index in [4.69, 9.17) is 0 Å². The summed E-state index contributed by atoms with van der Waals surface area (Å²) >= 11 is 0. The molecule has 1 aliphatic heterocycles. The second kappa shape index (κ2) is 10.8. The van der Waals surface area contributed by atoms with Gasteiger partial charge < -0.3 is 15.1 Å². The highest BCUT2D eigenvalue weighted by molar-refractivity contribution is 7.88. The zero-order chi connectivity index (χ0) is 25.4. The van der Waals surface area contributed by atoms with E-state index in [9.17, 15) is 18.6 Å². The molecule has 1 unspecified atom stereocenters. The van der Waals surface area contributed by atoms with Crippen molar-refractivity contribution in [3.05, 3.63) is 35.5 Å². The first-order valence-corrected chi connectivity index (χ1v) is 15.5. The van der Waals surface area contributed by atoms with Crippen molar-refractivity contribution in [3.8, 4) is 0 Å². The fourth-order valence-corrected chi connectivity index (χ4v) is 8.38. The SMILES string of the molecule is C=C1/C(=C\C=C2/CCC[C@]3(C)[C@@H](C(C)CCN4CCN(S(C)(=O)=O)CC4)CC[C@@H]23)C[C@@H](O)C[C@@H]1O. The number of fused-ring (bicyclic) bond motifs is 1. The lowest BCUT2D eigenvalue weighted by Gasteiger charge is -2.45. The molecule has 1 heterocycles. The Morgan fingerprint density at radius 2 is 1.89 bits per heavy atom. The van der Waals surface area contributed by atoms with Gasteiger partial charge >= 0.3 is 0 Å². The number of hydrogen-bond donors (Lipinski definition) is 2. The summed E-state index contributed by atoms with van der Waals surface area (Å²) in [6.45, 7) is 13.0. The fourth-order valence-electron chi connectivity index (χ4n) is 7.55. The number of nitrogens with zero attached hydrogens (tertiary/aromatic N) is 2. The monoisotopic (exact) mass is 506 g/mol. The molecule has 1 saturated heterocycles. The summed E-state index contributed by atoms with van der Waals surface area (Å²) in [5.74, 6) is 1.99. The summed E-state index contributed by atoms with van der Waals surface area (Å²) in [4.78, 5) is 2.44. The van der Waals surface area contributed by atoms with Crippen molar-refractivity contribution in [2.75, 3.05) is 39.0 Å². The van der Waals surface area contributed by atoms with Crippen LogP contribution in [-0.4, -0.2) is 79.0 Å². The molecule has 35 heavy (non-hydrogen) atoms. The van der Waals surface area contributed by atoms with Gasteiger partial charge in [0.15, 0.2) is 0 Å². The van der Waals surface area contributed by atoms with Crippen LogP contribution < -0.4 is 0 Å². The molecule has 0 radical (unpaired) electrons. The minimum Gasteiger partial charge on any atom is -0.393 e. The molecule has 4 fully saturated rings. The van der Waals surface area contributed by atoms with Crippen LogP contribution in [0.2, 0.25) is 0 Å². The van der Waals surface area contributed by atoms with Crippen molar-refractivity contribution in [1.82, 2.24) is 9.21 Å². The van der Waals surface area contributed by atoms with Crippen molar-refractivity contribution < 1.29 is 18.6 Å². The lowest BCUT2D eigenvalue weighted by atomic mass is 9.61. The molecule has 3 aliphatic carbocycles. The van der Waals surface area contributed by atoms with Gasteiger partial charge in [-0.2, -0.15) is 4.31 Å². The predicted octanol–water partition coefficient (Wildman–Crippen LogP) is 3.73. The summed E-state index contributed by atoms with van der Waals surface area (Å²) in [6, 6.07) is 0. The smallest absolute Gasteiger partial charge is 0.211 e. The van der Waals surface area contributed by atoms with E-state index in [1.165, 1.54) is 38.4 Å². The molecule has 0 bridgehead atoms. The number of piperazine rings is 1. The van der Waals surface area contributed by atoms with Gasteiger partial charge in [-0.3, -0.25) is 0 Å². The average Bonchev–Trinajstić information content (AvgIpc) is 3.16.